The van der Waals surface area contributed by atoms with E-state index in [1.54, 1.807) is 12.1 Å². The Balaban J connectivity index is 1.60. The second-order valence-corrected chi connectivity index (χ2v) is 10.3. The Morgan fingerprint density at radius 2 is 1.97 bits per heavy atom. The van der Waals surface area contributed by atoms with Crippen molar-refractivity contribution < 1.29 is 18.3 Å². The summed E-state index contributed by atoms with van der Waals surface area (Å²) in [6, 6.07) is 17.4. The normalized spacial score (nSPS) is 23.0. The Hall–Kier alpha value is -2.37. The molecular formula is C25H28O4S. The summed E-state index contributed by atoms with van der Waals surface area (Å²) in [5, 5.41) is 9.37. The molecule has 4 rings (SSSR count). The maximum atomic E-state index is 12.6. The van der Waals surface area contributed by atoms with Crippen LogP contribution in [0.3, 0.4) is 0 Å². The lowest BCUT2D eigenvalue weighted by Crippen LogP contribution is -2.19. The molecule has 2 aromatic rings. The first-order valence-electron chi connectivity index (χ1n) is 10.6. The van der Waals surface area contributed by atoms with Gasteiger partial charge in [-0.25, -0.2) is 8.42 Å². The average molecular weight is 425 g/mol. The highest BCUT2D eigenvalue weighted by molar-refractivity contribution is 7.92. The van der Waals surface area contributed by atoms with Crippen LogP contribution in [0.2, 0.25) is 0 Å². The number of hydrogen-bond donors (Lipinski definition) is 1. The maximum Gasteiger partial charge on any atom is 0.163 e. The van der Waals surface area contributed by atoms with Crippen molar-refractivity contribution in [3.63, 3.8) is 0 Å². The number of hydrogen-bond acceptors (Lipinski definition) is 4. The lowest BCUT2D eigenvalue weighted by atomic mass is 9.92. The molecule has 5 heteroatoms. The van der Waals surface area contributed by atoms with Crippen LogP contribution in [0, 0.1) is 0 Å². The Labute approximate surface area is 178 Å². The van der Waals surface area contributed by atoms with Crippen LogP contribution in [0.25, 0.3) is 11.6 Å². The summed E-state index contributed by atoms with van der Waals surface area (Å²) >= 11 is 0. The molecule has 30 heavy (non-hydrogen) atoms. The quantitative estimate of drug-likeness (QED) is 0.501. The number of aromatic hydroxyl groups is 1. The predicted molar refractivity (Wildman–Crippen MR) is 121 cm³/mol. The highest BCUT2D eigenvalue weighted by Crippen LogP contribution is 2.40. The smallest absolute Gasteiger partial charge is 0.163 e. The highest BCUT2D eigenvalue weighted by Gasteiger charge is 2.46. The van der Waals surface area contributed by atoms with E-state index in [0.717, 1.165) is 53.5 Å². The second kappa shape index (κ2) is 8.78. The van der Waals surface area contributed by atoms with Gasteiger partial charge in [-0.2, -0.15) is 0 Å². The van der Waals surface area contributed by atoms with Crippen LogP contribution in [0.4, 0.5) is 0 Å². The van der Waals surface area contributed by atoms with Crippen LogP contribution in [-0.4, -0.2) is 37.2 Å². The van der Waals surface area contributed by atoms with Gasteiger partial charge in [-0.3, -0.25) is 0 Å². The van der Waals surface area contributed by atoms with E-state index in [-0.39, 0.29) is 24.2 Å². The largest absolute Gasteiger partial charge is 0.508 e. The minimum Gasteiger partial charge on any atom is -0.508 e. The van der Waals surface area contributed by atoms with Crippen molar-refractivity contribution >= 4 is 21.5 Å². The molecule has 2 aliphatic heterocycles. The topological polar surface area (TPSA) is 63.6 Å². The molecule has 0 saturated carbocycles. The van der Waals surface area contributed by atoms with Crippen LogP contribution in [-0.2, 0) is 14.6 Å². The van der Waals surface area contributed by atoms with E-state index in [0.29, 0.717) is 0 Å². The molecule has 0 aromatic heterocycles. The van der Waals surface area contributed by atoms with E-state index < -0.39 is 15.1 Å². The lowest BCUT2D eigenvalue weighted by molar-refractivity contribution is 0.118. The lowest BCUT2D eigenvalue weighted by Gasteiger charge is -2.16. The van der Waals surface area contributed by atoms with E-state index in [1.807, 2.05) is 30.3 Å². The fourth-order valence-corrected chi connectivity index (χ4v) is 6.57. The van der Waals surface area contributed by atoms with Crippen LogP contribution in [0.5, 0.6) is 5.75 Å². The van der Waals surface area contributed by atoms with Crippen LogP contribution < -0.4 is 0 Å². The Morgan fingerprint density at radius 1 is 1.17 bits per heavy atom. The first-order valence-corrected chi connectivity index (χ1v) is 12.3. The molecule has 2 aliphatic rings. The molecule has 1 N–H and O–H groups in total. The summed E-state index contributed by atoms with van der Waals surface area (Å²) in [6.07, 6.45) is 5.24. The summed E-state index contributed by atoms with van der Waals surface area (Å²) in [6.45, 7) is 2.37. The van der Waals surface area contributed by atoms with Crippen molar-refractivity contribution in [1.29, 1.82) is 0 Å². The zero-order chi connectivity index (χ0) is 21.1. The number of phenolic OH excluding ortho intramolecular Hbond substituents is 1. The summed E-state index contributed by atoms with van der Waals surface area (Å²) in [7, 11) is -3.11. The molecule has 0 amide bonds. The molecule has 0 aliphatic carbocycles. The highest BCUT2D eigenvalue weighted by atomic mass is 32.2. The fraction of sp³-hybridized carbons (Fsp3) is 0.360. The van der Waals surface area contributed by atoms with Crippen molar-refractivity contribution in [1.82, 2.24) is 0 Å². The number of fused-ring (bicyclic) bond motifs is 1. The molecule has 0 bridgehead atoms. The molecule has 0 spiro atoms. The van der Waals surface area contributed by atoms with E-state index in [4.69, 9.17) is 4.74 Å². The average Bonchev–Trinajstić information content (AvgIpc) is 3.26. The minimum absolute atomic E-state index is 0.134. The molecule has 4 nitrogen and oxygen atoms in total. The van der Waals surface area contributed by atoms with Gasteiger partial charge >= 0.3 is 0 Å². The van der Waals surface area contributed by atoms with Crippen LogP contribution in [0.15, 0.2) is 65.7 Å². The summed E-state index contributed by atoms with van der Waals surface area (Å²) in [4.78, 5) is 0. The first-order chi connectivity index (χ1) is 14.5. The molecule has 0 radical (unpaired) electrons. The number of rotatable bonds is 7. The van der Waals surface area contributed by atoms with E-state index in [1.165, 1.54) is 0 Å². The van der Waals surface area contributed by atoms with Gasteiger partial charge in [0, 0.05) is 0 Å². The molecule has 158 valence electrons. The fourth-order valence-electron chi connectivity index (χ4n) is 4.58. The summed E-state index contributed by atoms with van der Waals surface area (Å²) in [5.41, 5.74) is 5.31. The third-order valence-electron chi connectivity index (χ3n) is 5.94. The maximum absolute atomic E-state index is 12.6. The summed E-state index contributed by atoms with van der Waals surface area (Å²) in [5.74, 6) is 0.439. The van der Waals surface area contributed by atoms with E-state index in [9.17, 15) is 13.5 Å². The van der Waals surface area contributed by atoms with Gasteiger partial charge in [0.15, 0.2) is 9.84 Å². The van der Waals surface area contributed by atoms with Gasteiger partial charge in [-0.15, -0.1) is 0 Å². The van der Waals surface area contributed by atoms with Crippen molar-refractivity contribution in [3.8, 4) is 5.75 Å². The van der Waals surface area contributed by atoms with Gasteiger partial charge in [-0.1, -0.05) is 67.5 Å². The standard InChI is InChI=1S/C25H28O4S/c1-2-7-21-17-30(27,28)24-16-29-23(25(21)24)13-12-20(19-9-4-3-5-10-19)14-18-8-6-11-22(26)15-18/h3-6,8-11,14-15,23-24,26H,2,7,12-13,16-17H2,1H3/b20-14-/t23-,24+/m1/s1. The Kier molecular flexibility index (Phi) is 6.11. The Bertz CT molecular complexity index is 1070. The second-order valence-electron chi connectivity index (χ2n) is 8.10. The number of phenols is 1. The molecule has 1 saturated heterocycles. The van der Waals surface area contributed by atoms with E-state index in [2.05, 4.69) is 25.1 Å². The zero-order valence-electron chi connectivity index (χ0n) is 17.3. The zero-order valence-corrected chi connectivity index (χ0v) is 18.1. The van der Waals surface area contributed by atoms with Crippen LogP contribution >= 0.6 is 0 Å². The van der Waals surface area contributed by atoms with Crippen molar-refractivity contribution in [2.45, 2.75) is 44.0 Å². The third kappa shape index (κ3) is 4.37. The molecule has 2 heterocycles. The van der Waals surface area contributed by atoms with E-state index >= 15 is 0 Å². The monoisotopic (exact) mass is 424 g/mol. The van der Waals surface area contributed by atoms with Gasteiger partial charge in [0.25, 0.3) is 0 Å². The molecule has 1 fully saturated rings. The Morgan fingerprint density at radius 3 is 2.70 bits per heavy atom. The number of sulfone groups is 1. The number of allylic oxidation sites excluding steroid dienone is 1. The first kappa shape index (κ1) is 20.9. The minimum atomic E-state index is -3.11. The van der Waals surface area contributed by atoms with Gasteiger partial charge in [0.05, 0.1) is 18.5 Å². The van der Waals surface area contributed by atoms with Crippen LogP contribution in [0.1, 0.15) is 43.7 Å². The van der Waals surface area contributed by atoms with Crippen molar-refractivity contribution in [2.75, 3.05) is 12.4 Å². The van der Waals surface area contributed by atoms with Gasteiger partial charge in [-0.05, 0) is 53.7 Å². The van der Waals surface area contributed by atoms with Crippen molar-refractivity contribution in [3.05, 3.63) is 76.9 Å². The van der Waals surface area contributed by atoms with Crippen molar-refractivity contribution in [2.24, 2.45) is 0 Å². The summed E-state index contributed by atoms with van der Waals surface area (Å²) < 4.78 is 31.1. The molecule has 2 atom stereocenters. The predicted octanol–water partition coefficient (Wildman–Crippen LogP) is 5.01. The van der Waals surface area contributed by atoms with Gasteiger partial charge in [0.1, 0.15) is 11.0 Å². The third-order valence-corrected chi connectivity index (χ3v) is 7.95. The molecule has 2 aromatic carbocycles. The molecular weight excluding hydrogens is 396 g/mol. The van der Waals surface area contributed by atoms with Gasteiger partial charge in [0.2, 0.25) is 0 Å². The SMILES string of the molecule is CCCC1=C2[C@@H](CC/C(=C/c3cccc(O)c3)c3ccccc3)OC[C@@H]2S(=O)(=O)C1. The number of benzene rings is 2. The molecule has 0 unspecified atom stereocenters. The number of ether oxygens (including phenoxy) is 1. The van der Waals surface area contributed by atoms with Gasteiger partial charge < -0.3 is 9.84 Å².